The molecule has 0 aliphatic rings. The molecule has 0 amide bonds. The molecule has 0 saturated heterocycles. The molecular weight excluding hydrogens is 264 g/mol. The smallest absolute Gasteiger partial charge is 0.136 e. The van der Waals surface area contributed by atoms with Gasteiger partial charge in [0.1, 0.15) is 17.2 Å². The molecule has 2 rings (SSSR count). The number of rotatable bonds is 4. The third-order valence-corrected chi connectivity index (χ3v) is 2.92. The van der Waals surface area contributed by atoms with Gasteiger partial charge in [-0.3, -0.25) is 0 Å². The molecule has 0 aromatic heterocycles. The molecule has 2 aromatic rings. The van der Waals surface area contributed by atoms with Crippen LogP contribution in [0.5, 0.6) is 17.2 Å². The second-order valence-corrected chi connectivity index (χ2v) is 4.54. The van der Waals surface area contributed by atoms with Crippen LogP contribution >= 0.6 is 11.6 Å². The van der Waals surface area contributed by atoms with Crippen molar-refractivity contribution in [2.45, 2.75) is 13.0 Å². The summed E-state index contributed by atoms with van der Waals surface area (Å²) in [4.78, 5) is 0. The van der Waals surface area contributed by atoms with Gasteiger partial charge >= 0.3 is 0 Å². The quantitative estimate of drug-likeness (QED) is 0.911. The number of methoxy groups -OCH3 is 1. The van der Waals surface area contributed by atoms with Crippen LogP contribution in [0.4, 0.5) is 0 Å². The molecule has 1 N–H and O–H groups in total. The lowest BCUT2D eigenvalue weighted by atomic mass is 10.1. The highest BCUT2D eigenvalue weighted by molar-refractivity contribution is 6.30. The van der Waals surface area contributed by atoms with Gasteiger partial charge in [-0.1, -0.05) is 23.7 Å². The Kier molecular flexibility index (Phi) is 4.30. The minimum atomic E-state index is -0.690. The Labute approximate surface area is 117 Å². The Morgan fingerprint density at radius 1 is 1.11 bits per heavy atom. The molecule has 0 fully saturated rings. The number of benzene rings is 2. The van der Waals surface area contributed by atoms with Gasteiger partial charge in [-0.25, -0.2) is 0 Å². The van der Waals surface area contributed by atoms with Crippen LogP contribution < -0.4 is 9.47 Å². The Morgan fingerprint density at radius 3 is 2.42 bits per heavy atom. The summed E-state index contributed by atoms with van der Waals surface area (Å²) in [5, 5.41) is 10.5. The van der Waals surface area contributed by atoms with E-state index in [1.807, 2.05) is 6.07 Å². The van der Waals surface area contributed by atoms with Crippen molar-refractivity contribution in [3.8, 4) is 17.2 Å². The molecular formula is C15H15ClO3. The van der Waals surface area contributed by atoms with Crippen LogP contribution in [0, 0.1) is 0 Å². The molecule has 0 unspecified atom stereocenters. The van der Waals surface area contributed by atoms with Gasteiger partial charge in [-0.15, -0.1) is 0 Å². The van der Waals surface area contributed by atoms with Crippen molar-refractivity contribution in [3.63, 3.8) is 0 Å². The number of ether oxygens (including phenoxy) is 2. The maximum Gasteiger partial charge on any atom is 0.136 e. The summed E-state index contributed by atoms with van der Waals surface area (Å²) in [7, 11) is 1.56. The number of hydrogen-bond acceptors (Lipinski definition) is 3. The molecule has 0 radical (unpaired) electrons. The monoisotopic (exact) mass is 278 g/mol. The van der Waals surface area contributed by atoms with Crippen LogP contribution in [-0.2, 0) is 0 Å². The van der Waals surface area contributed by atoms with Crippen molar-refractivity contribution in [1.29, 1.82) is 0 Å². The third-order valence-electron chi connectivity index (χ3n) is 2.69. The average molecular weight is 279 g/mol. The van der Waals surface area contributed by atoms with E-state index in [1.165, 1.54) is 0 Å². The van der Waals surface area contributed by atoms with Crippen LogP contribution in [0.3, 0.4) is 0 Å². The zero-order chi connectivity index (χ0) is 13.8. The molecule has 4 heteroatoms. The van der Waals surface area contributed by atoms with E-state index in [2.05, 4.69) is 0 Å². The molecule has 0 aliphatic heterocycles. The van der Waals surface area contributed by atoms with Crippen LogP contribution in [0.1, 0.15) is 18.6 Å². The zero-order valence-electron chi connectivity index (χ0n) is 10.8. The SMILES string of the molecule is COc1cccc(Oc2cccc(Cl)c2)c1[C@H](C)O. The van der Waals surface area contributed by atoms with E-state index in [-0.39, 0.29) is 0 Å². The minimum absolute atomic E-state index is 0.552. The fraction of sp³-hybridized carbons (Fsp3) is 0.200. The second-order valence-electron chi connectivity index (χ2n) is 4.11. The third kappa shape index (κ3) is 3.19. The molecule has 0 spiro atoms. The van der Waals surface area contributed by atoms with Gasteiger partial charge in [0, 0.05) is 5.02 Å². The lowest BCUT2D eigenvalue weighted by Crippen LogP contribution is -2.00. The van der Waals surface area contributed by atoms with Gasteiger partial charge in [0.25, 0.3) is 0 Å². The summed E-state index contributed by atoms with van der Waals surface area (Å²) in [6, 6.07) is 12.5. The molecule has 100 valence electrons. The van der Waals surface area contributed by atoms with Gasteiger partial charge < -0.3 is 14.6 Å². The van der Waals surface area contributed by atoms with Crippen LogP contribution in [-0.4, -0.2) is 12.2 Å². The van der Waals surface area contributed by atoms with Crippen molar-refractivity contribution in [2.24, 2.45) is 0 Å². The van der Waals surface area contributed by atoms with Crippen molar-refractivity contribution in [2.75, 3.05) is 7.11 Å². The number of hydrogen-bond donors (Lipinski definition) is 1. The maximum atomic E-state index is 9.86. The normalized spacial score (nSPS) is 12.0. The minimum Gasteiger partial charge on any atom is -0.496 e. The summed E-state index contributed by atoms with van der Waals surface area (Å²) >= 11 is 5.92. The summed E-state index contributed by atoms with van der Waals surface area (Å²) in [6.45, 7) is 1.67. The van der Waals surface area contributed by atoms with Crippen molar-refractivity contribution in [3.05, 3.63) is 53.1 Å². The fourth-order valence-electron chi connectivity index (χ4n) is 1.86. The first-order chi connectivity index (χ1) is 9.11. The zero-order valence-corrected chi connectivity index (χ0v) is 11.5. The fourth-order valence-corrected chi connectivity index (χ4v) is 2.04. The largest absolute Gasteiger partial charge is 0.496 e. The maximum absolute atomic E-state index is 9.86. The van der Waals surface area contributed by atoms with E-state index >= 15 is 0 Å². The lowest BCUT2D eigenvalue weighted by molar-refractivity contribution is 0.190. The molecule has 3 nitrogen and oxygen atoms in total. The number of aliphatic hydroxyl groups excluding tert-OH is 1. The first kappa shape index (κ1) is 13.7. The van der Waals surface area contributed by atoms with Gasteiger partial charge in [0.15, 0.2) is 0 Å². The van der Waals surface area contributed by atoms with Crippen LogP contribution in [0.15, 0.2) is 42.5 Å². The van der Waals surface area contributed by atoms with Crippen LogP contribution in [0.2, 0.25) is 5.02 Å². The van der Waals surface area contributed by atoms with E-state index in [9.17, 15) is 5.11 Å². The van der Waals surface area contributed by atoms with Crippen molar-refractivity contribution < 1.29 is 14.6 Å². The predicted molar refractivity (Wildman–Crippen MR) is 75.2 cm³/mol. The first-order valence-electron chi connectivity index (χ1n) is 5.90. The summed E-state index contributed by atoms with van der Waals surface area (Å²) in [5.74, 6) is 1.76. The summed E-state index contributed by atoms with van der Waals surface area (Å²) in [6.07, 6.45) is -0.690. The van der Waals surface area contributed by atoms with E-state index in [1.54, 1.807) is 50.4 Å². The van der Waals surface area contributed by atoms with Crippen LogP contribution in [0.25, 0.3) is 0 Å². The first-order valence-corrected chi connectivity index (χ1v) is 6.28. The highest BCUT2D eigenvalue weighted by Crippen LogP contribution is 2.36. The Hall–Kier alpha value is -1.71. The standard InChI is InChI=1S/C15H15ClO3/c1-10(17)15-13(18-2)7-4-8-14(15)19-12-6-3-5-11(16)9-12/h3-10,17H,1-2H3/t10-/m0/s1. The number of halogens is 1. The molecule has 0 saturated carbocycles. The highest BCUT2D eigenvalue weighted by Gasteiger charge is 2.15. The van der Waals surface area contributed by atoms with E-state index < -0.39 is 6.10 Å². The number of aliphatic hydroxyl groups is 1. The van der Waals surface area contributed by atoms with E-state index in [4.69, 9.17) is 21.1 Å². The van der Waals surface area contributed by atoms with E-state index in [0.717, 1.165) is 0 Å². The predicted octanol–water partition coefficient (Wildman–Crippen LogP) is 4.19. The Balaban J connectivity index is 2.39. The summed E-state index contributed by atoms with van der Waals surface area (Å²) in [5.41, 5.74) is 0.616. The molecule has 0 bridgehead atoms. The van der Waals surface area contributed by atoms with Gasteiger partial charge in [0.05, 0.1) is 18.8 Å². The van der Waals surface area contributed by atoms with Gasteiger partial charge in [-0.05, 0) is 37.3 Å². The molecule has 2 aromatic carbocycles. The van der Waals surface area contributed by atoms with Gasteiger partial charge in [0.2, 0.25) is 0 Å². The highest BCUT2D eigenvalue weighted by atomic mass is 35.5. The average Bonchev–Trinajstić information content (AvgIpc) is 2.38. The van der Waals surface area contributed by atoms with Crippen molar-refractivity contribution in [1.82, 2.24) is 0 Å². The topological polar surface area (TPSA) is 38.7 Å². The van der Waals surface area contributed by atoms with Crippen molar-refractivity contribution >= 4 is 11.6 Å². The molecule has 0 aliphatic carbocycles. The molecule has 19 heavy (non-hydrogen) atoms. The van der Waals surface area contributed by atoms with E-state index in [0.29, 0.717) is 27.8 Å². The van der Waals surface area contributed by atoms with Gasteiger partial charge in [-0.2, -0.15) is 0 Å². The Bertz CT molecular complexity index is 567. The summed E-state index contributed by atoms with van der Waals surface area (Å²) < 4.78 is 11.0. The lowest BCUT2D eigenvalue weighted by Gasteiger charge is -2.16. The second kappa shape index (κ2) is 5.95. The molecule has 0 heterocycles. The Morgan fingerprint density at radius 2 is 1.79 bits per heavy atom. The molecule has 1 atom stereocenters.